The molecule has 0 spiro atoms. The summed E-state index contributed by atoms with van der Waals surface area (Å²) in [5, 5.41) is 6.90. The predicted molar refractivity (Wildman–Crippen MR) is 61.1 cm³/mol. The fourth-order valence-corrected chi connectivity index (χ4v) is 1.27. The van der Waals surface area contributed by atoms with E-state index in [4.69, 9.17) is 10.4 Å². The maximum atomic E-state index is 5.21. The van der Waals surface area contributed by atoms with Gasteiger partial charge >= 0.3 is 0 Å². The van der Waals surface area contributed by atoms with E-state index in [2.05, 4.69) is 30.9 Å². The van der Waals surface area contributed by atoms with Gasteiger partial charge in [0.2, 0.25) is 11.8 Å². The molecule has 0 saturated heterocycles. The van der Waals surface area contributed by atoms with Gasteiger partial charge in [-0.15, -0.1) is 0 Å². The van der Waals surface area contributed by atoms with Crippen LogP contribution in [0, 0.1) is 6.92 Å². The van der Waals surface area contributed by atoms with Gasteiger partial charge in [0.25, 0.3) is 0 Å². The van der Waals surface area contributed by atoms with Crippen molar-refractivity contribution >= 4 is 11.8 Å². The Balaban J connectivity index is 1.85. The molecule has 2 aromatic rings. The lowest BCUT2D eigenvalue weighted by Crippen LogP contribution is -2.12. The van der Waals surface area contributed by atoms with Crippen molar-refractivity contribution in [2.75, 3.05) is 17.3 Å². The minimum atomic E-state index is 0.366. The van der Waals surface area contributed by atoms with Gasteiger partial charge in [-0.05, 0) is 6.07 Å². The van der Waals surface area contributed by atoms with Gasteiger partial charge in [0.05, 0.1) is 0 Å². The van der Waals surface area contributed by atoms with E-state index in [1.54, 1.807) is 19.2 Å². The molecule has 2 heterocycles. The highest BCUT2D eigenvalue weighted by atomic mass is 16.5. The topological polar surface area (TPSA) is 115 Å². The van der Waals surface area contributed by atoms with Crippen molar-refractivity contribution in [2.24, 2.45) is 5.84 Å². The van der Waals surface area contributed by atoms with Crippen LogP contribution in [0.25, 0.3) is 0 Å². The molecular weight excluding hydrogens is 222 g/mol. The molecule has 0 aliphatic carbocycles. The van der Waals surface area contributed by atoms with Crippen molar-refractivity contribution in [2.45, 2.75) is 13.3 Å². The fourth-order valence-electron chi connectivity index (χ4n) is 1.27. The molecule has 0 fully saturated rings. The molecule has 90 valence electrons. The van der Waals surface area contributed by atoms with E-state index in [-0.39, 0.29) is 0 Å². The van der Waals surface area contributed by atoms with Gasteiger partial charge in [-0.3, -0.25) is 5.43 Å². The van der Waals surface area contributed by atoms with Crippen molar-refractivity contribution in [1.82, 2.24) is 20.1 Å². The summed E-state index contributed by atoms with van der Waals surface area (Å²) in [4.78, 5) is 12.1. The Bertz CT molecular complexity index is 484. The lowest BCUT2D eigenvalue weighted by Gasteiger charge is -2.04. The van der Waals surface area contributed by atoms with Crippen LogP contribution in [-0.2, 0) is 6.42 Å². The highest BCUT2D eigenvalue weighted by molar-refractivity contribution is 5.38. The molecule has 0 saturated carbocycles. The molecule has 0 amide bonds. The van der Waals surface area contributed by atoms with Crippen molar-refractivity contribution in [1.29, 1.82) is 0 Å². The van der Waals surface area contributed by atoms with Crippen molar-refractivity contribution < 1.29 is 4.52 Å². The average Bonchev–Trinajstić information content (AvgIpc) is 2.75. The van der Waals surface area contributed by atoms with Crippen LogP contribution in [-0.4, -0.2) is 26.7 Å². The first-order valence-corrected chi connectivity index (χ1v) is 5.10. The maximum absolute atomic E-state index is 5.21. The molecular formula is C9H13N7O. The molecule has 17 heavy (non-hydrogen) atoms. The molecule has 0 bridgehead atoms. The lowest BCUT2D eigenvalue weighted by atomic mass is 10.4. The van der Waals surface area contributed by atoms with Gasteiger partial charge in [-0.2, -0.15) is 9.97 Å². The Morgan fingerprint density at radius 3 is 3.00 bits per heavy atom. The zero-order chi connectivity index (χ0) is 12.1. The third-order valence-electron chi connectivity index (χ3n) is 2.01. The van der Waals surface area contributed by atoms with Gasteiger partial charge in [0.15, 0.2) is 5.82 Å². The zero-order valence-electron chi connectivity index (χ0n) is 9.34. The first-order valence-electron chi connectivity index (χ1n) is 5.10. The second kappa shape index (κ2) is 5.21. The number of aryl methyl sites for hydroxylation is 1. The van der Waals surface area contributed by atoms with E-state index in [0.717, 1.165) is 0 Å². The van der Waals surface area contributed by atoms with Crippen LogP contribution in [0.1, 0.15) is 11.7 Å². The average molecular weight is 235 g/mol. The number of hydrazine groups is 1. The molecule has 0 aliphatic rings. The molecule has 0 atom stereocenters. The van der Waals surface area contributed by atoms with E-state index >= 15 is 0 Å². The molecule has 2 rings (SSSR count). The Labute approximate surface area is 97.6 Å². The van der Waals surface area contributed by atoms with E-state index in [9.17, 15) is 0 Å². The summed E-state index contributed by atoms with van der Waals surface area (Å²) in [7, 11) is 0. The molecule has 4 N–H and O–H groups in total. The molecule has 0 aliphatic heterocycles. The minimum Gasteiger partial charge on any atom is -0.369 e. The highest BCUT2D eigenvalue weighted by Crippen LogP contribution is 2.04. The largest absolute Gasteiger partial charge is 0.369 e. The predicted octanol–water partition coefficient (Wildman–Crippen LogP) is 0.108. The Kier molecular flexibility index (Phi) is 3.46. The Hall–Kier alpha value is -2.22. The van der Waals surface area contributed by atoms with Gasteiger partial charge in [0.1, 0.15) is 5.82 Å². The number of nitrogen functional groups attached to an aromatic ring is 1. The van der Waals surface area contributed by atoms with E-state index in [0.29, 0.717) is 36.4 Å². The number of aromatic nitrogens is 4. The van der Waals surface area contributed by atoms with Crippen LogP contribution in [0.15, 0.2) is 16.8 Å². The van der Waals surface area contributed by atoms with Crippen LogP contribution < -0.4 is 16.6 Å². The number of rotatable bonds is 5. The second-order valence-corrected chi connectivity index (χ2v) is 3.32. The summed E-state index contributed by atoms with van der Waals surface area (Å²) in [5.41, 5.74) is 2.38. The minimum absolute atomic E-state index is 0.366. The van der Waals surface area contributed by atoms with E-state index < -0.39 is 0 Å². The summed E-state index contributed by atoms with van der Waals surface area (Å²) in [6, 6.07) is 1.75. The molecule has 0 unspecified atom stereocenters. The maximum Gasteiger partial charge on any atom is 0.239 e. The molecule has 0 aromatic carbocycles. The van der Waals surface area contributed by atoms with Crippen molar-refractivity contribution in [3.05, 3.63) is 24.0 Å². The summed E-state index contributed by atoms with van der Waals surface area (Å²) >= 11 is 0. The number of nitrogens with zero attached hydrogens (tertiary/aromatic N) is 4. The molecule has 2 aromatic heterocycles. The SMILES string of the molecule is Cc1nc(CCNc2ccnc(NN)n2)no1. The first kappa shape index (κ1) is 11.3. The van der Waals surface area contributed by atoms with Crippen molar-refractivity contribution in [3.63, 3.8) is 0 Å². The van der Waals surface area contributed by atoms with E-state index in [1.165, 1.54) is 0 Å². The number of nitrogens with two attached hydrogens (primary N) is 1. The summed E-state index contributed by atoms with van der Waals surface area (Å²) < 4.78 is 4.86. The van der Waals surface area contributed by atoms with Crippen LogP contribution in [0.3, 0.4) is 0 Å². The summed E-state index contributed by atoms with van der Waals surface area (Å²) in [6.45, 7) is 2.41. The van der Waals surface area contributed by atoms with Crippen LogP contribution >= 0.6 is 0 Å². The van der Waals surface area contributed by atoms with Crippen LogP contribution in [0.2, 0.25) is 0 Å². The third-order valence-corrected chi connectivity index (χ3v) is 2.01. The Morgan fingerprint density at radius 1 is 1.41 bits per heavy atom. The monoisotopic (exact) mass is 235 g/mol. The normalized spacial score (nSPS) is 10.2. The number of hydrogen-bond donors (Lipinski definition) is 3. The van der Waals surface area contributed by atoms with Gasteiger partial charge < -0.3 is 9.84 Å². The summed E-state index contributed by atoms with van der Waals surface area (Å²) in [5.74, 6) is 7.49. The molecule has 8 heteroatoms. The fraction of sp³-hybridized carbons (Fsp3) is 0.333. The lowest BCUT2D eigenvalue weighted by molar-refractivity contribution is 0.387. The zero-order valence-corrected chi connectivity index (χ0v) is 9.34. The Morgan fingerprint density at radius 2 is 2.29 bits per heavy atom. The standard InChI is InChI=1S/C9H13N7O/c1-6-13-8(16-17-6)3-4-11-7-2-5-12-9(14-7)15-10/h2,5H,3-4,10H2,1H3,(H2,11,12,14,15). The number of nitrogens with one attached hydrogen (secondary N) is 2. The first-order chi connectivity index (χ1) is 8.28. The quantitative estimate of drug-likeness (QED) is 0.494. The third kappa shape index (κ3) is 3.11. The van der Waals surface area contributed by atoms with Gasteiger partial charge in [-0.1, -0.05) is 5.16 Å². The van der Waals surface area contributed by atoms with Crippen molar-refractivity contribution in [3.8, 4) is 0 Å². The van der Waals surface area contributed by atoms with Gasteiger partial charge in [0, 0.05) is 26.1 Å². The number of hydrogen-bond acceptors (Lipinski definition) is 8. The van der Waals surface area contributed by atoms with Gasteiger partial charge in [-0.25, -0.2) is 10.8 Å². The van der Waals surface area contributed by atoms with Crippen LogP contribution in [0.4, 0.5) is 11.8 Å². The second-order valence-electron chi connectivity index (χ2n) is 3.32. The number of anilines is 2. The molecule has 8 nitrogen and oxygen atoms in total. The van der Waals surface area contributed by atoms with E-state index in [1.807, 2.05) is 0 Å². The van der Waals surface area contributed by atoms with Crippen LogP contribution in [0.5, 0.6) is 0 Å². The summed E-state index contributed by atoms with van der Waals surface area (Å²) in [6.07, 6.45) is 2.27. The smallest absolute Gasteiger partial charge is 0.239 e. The molecule has 0 radical (unpaired) electrons. The highest BCUT2D eigenvalue weighted by Gasteiger charge is 2.02.